The van der Waals surface area contributed by atoms with Crippen LogP contribution >= 0.6 is 28.3 Å². The molecule has 3 N–H and O–H groups in total. The molecule has 0 aliphatic heterocycles. The van der Waals surface area contributed by atoms with Crippen LogP contribution in [0.1, 0.15) is 25.5 Å². The molecule has 0 heterocycles. The summed E-state index contributed by atoms with van der Waals surface area (Å²) in [6, 6.07) is 4.30. The number of hydrogen-bond donors (Lipinski definition) is 2. The van der Waals surface area contributed by atoms with Crippen molar-refractivity contribution in [2.75, 3.05) is 6.61 Å². The Balaban J connectivity index is 0.00000289. The molecule has 1 atom stereocenters. The number of nitrogens with two attached hydrogens (primary N) is 1. The van der Waals surface area contributed by atoms with Gasteiger partial charge in [0.05, 0.1) is 9.40 Å². The van der Waals surface area contributed by atoms with E-state index in [1.165, 1.54) is 6.07 Å². The van der Waals surface area contributed by atoms with Crippen molar-refractivity contribution in [3.8, 4) is 0 Å². The monoisotopic (exact) mass is 338 g/mol. The maximum atomic E-state index is 10.8. The van der Waals surface area contributed by atoms with Crippen LogP contribution < -0.4 is 5.73 Å². The van der Waals surface area contributed by atoms with Gasteiger partial charge in [-0.2, -0.15) is 0 Å². The van der Waals surface area contributed by atoms with Gasteiger partial charge in [-0.3, -0.25) is 10.1 Å². The fourth-order valence-electron chi connectivity index (χ4n) is 1.41. The highest BCUT2D eigenvalue weighted by Gasteiger charge is 2.28. The highest BCUT2D eigenvalue weighted by molar-refractivity contribution is 9.10. The maximum absolute atomic E-state index is 10.8. The Bertz CT molecular complexity index is 440. The summed E-state index contributed by atoms with van der Waals surface area (Å²) in [5.74, 6) is 0. The standard InChI is InChI=1S/C11H15BrN2O3.ClH/c1-11(2,6-15)10(13)7-3-4-8(12)9(5-7)14(16)17;/h3-5,10,15H,6,13H2,1-2H3;1H/t10-;/m1./s1. The molecule has 1 aromatic rings. The van der Waals surface area contributed by atoms with Crippen LogP contribution in [0.25, 0.3) is 0 Å². The first-order chi connectivity index (χ1) is 7.79. The van der Waals surface area contributed by atoms with Gasteiger partial charge in [-0.05, 0) is 27.6 Å². The van der Waals surface area contributed by atoms with E-state index in [4.69, 9.17) is 5.73 Å². The molecule has 0 saturated carbocycles. The first-order valence-electron chi connectivity index (χ1n) is 5.10. The van der Waals surface area contributed by atoms with E-state index < -0.39 is 16.4 Å². The minimum absolute atomic E-state index is 0. The molecule has 0 amide bonds. The average molecular weight is 340 g/mol. The summed E-state index contributed by atoms with van der Waals surface area (Å²) in [6.07, 6.45) is 0. The molecule has 1 rings (SSSR count). The van der Waals surface area contributed by atoms with Crippen molar-refractivity contribution in [2.24, 2.45) is 11.1 Å². The molecule has 0 bridgehead atoms. The van der Waals surface area contributed by atoms with Crippen molar-refractivity contribution < 1.29 is 10.0 Å². The topological polar surface area (TPSA) is 89.4 Å². The van der Waals surface area contributed by atoms with E-state index in [0.29, 0.717) is 10.0 Å². The van der Waals surface area contributed by atoms with Crippen LogP contribution in [0.4, 0.5) is 5.69 Å². The molecule has 0 aliphatic carbocycles. The lowest BCUT2D eigenvalue weighted by molar-refractivity contribution is -0.385. The van der Waals surface area contributed by atoms with E-state index in [9.17, 15) is 15.2 Å². The van der Waals surface area contributed by atoms with E-state index in [1.54, 1.807) is 12.1 Å². The maximum Gasteiger partial charge on any atom is 0.283 e. The van der Waals surface area contributed by atoms with Crippen LogP contribution in [0.2, 0.25) is 0 Å². The summed E-state index contributed by atoms with van der Waals surface area (Å²) in [6.45, 7) is 3.54. The van der Waals surface area contributed by atoms with Crippen molar-refractivity contribution in [3.63, 3.8) is 0 Å². The van der Waals surface area contributed by atoms with Crippen LogP contribution in [0.15, 0.2) is 22.7 Å². The van der Waals surface area contributed by atoms with E-state index in [2.05, 4.69) is 15.9 Å². The molecule has 0 unspecified atom stereocenters. The van der Waals surface area contributed by atoms with Crippen molar-refractivity contribution in [1.82, 2.24) is 0 Å². The zero-order valence-corrected chi connectivity index (χ0v) is 12.5. The molecule has 7 heteroatoms. The molecule has 18 heavy (non-hydrogen) atoms. The second-order valence-electron chi connectivity index (χ2n) is 4.59. The Kier molecular flexibility index (Phi) is 6.22. The molecule has 0 radical (unpaired) electrons. The van der Waals surface area contributed by atoms with Crippen LogP contribution in [-0.2, 0) is 0 Å². The summed E-state index contributed by atoms with van der Waals surface area (Å²) in [7, 11) is 0. The van der Waals surface area contributed by atoms with Gasteiger partial charge in [0.25, 0.3) is 5.69 Å². The first kappa shape index (κ1) is 17.3. The summed E-state index contributed by atoms with van der Waals surface area (Å²) in [5, 5.41) is 20.0. The van der Waals surface area contributed by atoms with Crippen LogP contribution in [0.5, 0.6) is 0 Å². The van der Waals surface area contributed by atoms with Gasteiger partial charge in [0.1, 0.15) is 0 Å². The molecule has 0 aliphatic rings. The summed E-state index contributed by atoms with van der Waals surface area (Å²) in [5.41, 5.74) is 6.09. The van der Waals surface area contributed by atoms with Gasteiger partial charge in [-0.1, -0.05) is 19.9 Å². The number of nitrogens with zero attached hydrogens (tertiary/aromatic N) is 1. The number of hydrogen-bond acceptors (Lipinski definition) is 4. The van der Waals surface area contributed by atoms with E-state index in [-0.39, 0.29) is 24.7 Å². The Hall–Kier alpha value is -0.690. The lowest BCUT2D eigenvalue weighted by atomic mass is 9.82. The minimum Gasteiger partial charge on any atom is -0.396 e. The Labute approximate surface area is 120 Å². The average Bonchev–Trinajstić information content (AvgIpc) is 2.28. The largest absolute Gasteiger partial charge is 0.396 e. The summed E-state index contributed by atoms with van der Waals surface area (Å²) in [4.78, 5) is 10.3. The summed E-state index contributed by atoms with van der Waals surface area (Å²) >= 11 is 3.12. The number of aliphatic hydroxyl groups excluding tert-OH is 1. The third-order valence-electron chi connectivity index (χ3n) is 2.78. The SMILES string of the molecule is CC(C)(CO)[C@H](N)c1ccc(Br)c([N+](=O)[O-])c1.Cl. The van der Waals surface area contributed by atoms with Crippen molar-refractivity contribution in [1.29, 1.82) is 0 Å². The smallest absolute Gasteiger partial charge is 0.283 e. The zero-order valence-electron chi connectivity index (χ0n) is 10.1. The number of benzene rings is 1. The fourth-order valence-corrected chi connectivity index (χ4v) is 1.80. The quantitative estimate of drug-likeness (QED) is 0.652. The van der Waals surface area contributed by atoms with Gasteiger partial charge in [-0.15, -0.1) is 12.4 Å². The van der Waals surface area contributed by atoms with Crippen LogP contribution in [-0.4, -0.2) is 16.6 Å². The number of nitro benzene ring substituents is 1. The minimum atomic E-state index is -0.526. The zero-order chi connectivity index (χ0) is 13.2. The molecule has 1 aromatic carbocycles. The Morgan fingerprint density at radius 1 is 1.56 bits per heavy atom. The second-order valence-corrected chi connectivity index (χ2v) is 5.45. The van der Waals surface area contributed by atoms with Gasteiger partial charge < -0.3 is 10.8 Å². The molecular formula is C11H16BrClN2O3. The number of rotatable bonds is 4. The van der Waals surface area contributed by atoms with Gasteiger partial charge in [-0.25, -0.2) is 0 Å². The molecular weight excluding hydrogens is 323 g/mol. The van der Waals surface area contributed by atoms with E-state index in [1.807, 2.05) is 13.8 Å². The Morgan fingerprint density at radius 2 is 2.11 bits per heavy atom. The van der Waals surface area contributed by atoms with Crippen LogP contribution in [0, 0.1) is 15.5 Å². The third-order valence-corrected chi connectivity index (χ3v) is 3.45. The van der Waals surface area contributed by atoms with Gasteiger partial charge in [0.2, 0.25) is 0 Å². The second kappa shape index (κ2) is 6.47. The predicted octanol–water partition coefficient (Wildman–Crippen LogP) is 2.80. The molecule has 102 valence electrons. The highest BCUT2D eigenvalue weighted by Crippen LogP contribution is 2.34. The molecule has 0 fully saturated rings. The van der Waals surface area contributed by atoms with Crippen molar-refractivity contribution in [2.45, 2.75) is 19.9 Å². The third kappa shape index (κ3) is 3.65. The summed E-state index contributed by atoms with van der Waals surface area (Å²) < 4.78 is 0.417. The molecule has 0 saturated heterocycles. The molecule has 5 nitrogen and oxygen atoms in total. The molecule has 0 spiro atoms. The number of halogens is 2. The molecule has 0 aromatic heterocycles. The van der Waals surface area contributed by atoms with Gasteiger partial charge in [0, 0.05) is 24.1 Å². The first-order valence-corrected chi connectivity index (χ1v) is 5.89. The fraction of sp³-hybridized carbons (Fsp3) is 0.455. The van der Waals surface area contributed by atoms with Gasteiger partial charge >= 0.3 is 0 Å². The van der Waals surface area contributed by atoms with Crippen molar-refractivity contribution >= 4 is 34.0 Å². The lowest BCUT2D eigenvalue weighted by Gasteiger charge is -2.29. The van der Waals surface area contributed by atoms with E-state index in [0.717, 1.165) is 0 Å². The predicted molar refractivity (Wildman–Crippen MR) is 75.8 cm³/mol. The lowest BCUT2D eigenvalue weighted by Crippen LogP contribution is -2.32. The number of nitro groups is 1. The highest BCUT2D eigenvalue weighted by atomic mass is 79.9. The van der Waals surface area contributed by atoms with E-state index >= 15 is 0 Å². The van der Waals surface area contributed by atoms with Crippen molar-refractivity contribution in [3.05, 3.63) is 38.3 Å². The number of aliphatic hydroxyl groups is 1. The normalized spacial score (nSPS) is 12.7. The Morgan fingerprint density at radius 3 is 2.56 bits per heavy atom. The van der Waals surface area contributed by atoms with Crippen LogP contribution in [0.3, 0.4) is 0 Å². The van der Waals surface area contributed by atoms with Gasteiger partial charge in [0.15, 0.2) is 0 Å².